The van der Waals surface area contributed by atoms with Crippen molar-refractivity contribution in [1.82, 2.24) is 0 Å². The Hall–Kier alpha value is -1.94. The molecule has 0 fully saturated rings. The molecule has 100 heavy (non-hydrogen) atoms. The zero-order valence-electron chi connectivity index (χ0n) is 65.7. The van der Waals surface area contributed by atoms with Gasteiger partial charge in [-0.15, -0.1) is 0 Å². The van der Waals surface area contributed by atoms with E-state index in [1.807, 2.05) is 0 Å². The summed E-state index contributed by atoms with van der Waals surface area (Å²) in [6.45, 7) is 11.9. The van der Waals surface area contributed by atoms with E-state index >= 15 is 0 Å². The van der Waals surface area contributed by atoms with E-state index in [0.29, 0.717) is 25.7 Å². The SMILES string of the molecule is CCCCCCCCCCCCCCCCCCCCCCCC(=O)O[C@H](COC(=O)CCCCCCCCCCCCCCCCC(C)C)COP(=O)(O)OC[C@@H](O)COP(=O)(O)OC[C@@H](COC(=O)CCCCCCCCCCC(C)C)OC(=O)CCCCCCCCCCC(C)C. The van der Waals surface area contributed by atoms with Crippen LogP contribution in [0.4, 0.5) is 0 Å². The smallest absolute Gasteiger partial charge is 0.462 e. The first kappa shape index (κ1) is 98.1. The molecule has 0 amide bonds. The van der Waals surface area contributed by atoms with Gasteiger partial charge < -0.3 is 33.8 Å². The number of unbranched alkanes of at least 4 members (excludes halogenated alkanes) is 47. The van der Waals surface area contributed by atoms with Crippen LogP contribution in [-0.2, 0) is 65.4 Å². The molecule has 0 aromatic rings. The number of phosphoric acid groups is 2. The van der Waals surface area contributed by atoms with Crippen LogP contribution in [0.2, 0.25) is 0 Å². The normalized spacial score (nSPS) is 14.0. The Morgan fingerprint density at radius 3 is 0.680 bits per heavy atom. The fourth-order valence-corrected chi connectivity index (χ4v) is 14.1. The van der Waals surface area contributed by atoms with E-state index in [0.717, 1.165) is 108 Å². The van der Waals surface area contributed by atoms with Crippen LogP contribution in [0.15, 0.2) is 0 Å². The van der Waals surface area contributed by atoms with Crippen molar-refractivity contribution < 1.29 is 80.2 Å². The maximum Gasteiger partial charge on any atom is 0.472 e. The van der Waals surface area contributed by atoms with Gasteiger partial charge in [0.15, 0.2) is 12.2 Å². The lowest BCUT2D eigenvalue weighted by atomic mass is 10.0. The van der Waals surface area contributed by atoms with Crippen molar-refractivity contribution >= 4 is 39.5 Å². The fraction of sp³-hybridized carbons (Fsp3) is 0.951. The van der Waals surface area contributed by atoms with Crippen molar-refractivity contribution in [2.45, 2.75) is 439 Å². The zero-order valence-corrected chi connectivity index (χ0v) is 67.5. The van der Waals surface area contributed by atoms with Gasteiger partial charge in [0.1, 0.15) is 19.3 Å². The van der Waals surface area contributed by atoms with Gasteiger partial charge in [-0.1, -0.05) is 370 Å². The zero-order chi connectivity index (χ0) is 73.7. The highest BCUT2D eigenvalue weighted by atomic mass is 31.2. The molecule has 0 bridgehead atoms. The summed E-state index contributed by atoms with van der Waals surface area (Å²) in [5.74, 6) is 0.129. The van der Waals surface area contributed by atoms with Crippen molar-refractivity contribution in [3.05, 3.63) is 0 Å². The minimum Gasteiger partial charge on any atom is -0.462 e. The van der Waals surface area contributed by atoms with Gasteiger partial charge in [-0.25, -0.2) is 9.13 Å². The standard InChI is InChI=1S/C81H158O17P2/c1-8-9-10-11-12-13-14-15-16-17-18-19-20-21-22-27-30-33-43-50-57-64-80(85)97-76(68-91-78(83)62-55-48-41-32-29-26-24-23-25-28-31-38-45-52-59-72(2)3)70-95-99(87,88)93-66-75(82)67-94-100(89,90)96-71-77(98-81(86)65-58-51-44-37-35-40-47-54-61-74(6)7)69-92-79(84)63-56-49-42-36-34-39-46-53-60-73(4)5/h72-77,82H,8-71H2,1-7H3,(H,87,88)(H,89,90)/t75-,76-,77-/m1/s1. The number of aliphatic hydroxyl groups excluding tert-OH is 1. The highest BCUT2D eigenvalue weighted by Crippen LogP contribution is 2.45. The summed E-state index contributed by atoms with van der Waals surface area (Å²) in [6.07, 6.45) is 59.9. The third-order valence-corrected chi connectivity index (χ3v) is 20.8. The van der Waals surface area contributed by atoms with E-state index in [2.05, 4.69) is 48.5 Å². The quantitative estimate of drug-likeness (QED) is 0.0222. The Kier molecular flexibility index (Phi) is 69.9. The molecule has 594 valence electrons. The largest absolute Gasteiger partial charge is 0.472 e. The van der Waals surface area contributed by atoms with E-state index in [9.17, 15) is 43.2 Å². The van der Waals surface area contributed by atoms with Crippen molar-refractivity contribution in [2.24, 2.45) is 17.8 Å². The number of hydrogen-bond donors (Lipinski definition) is 3. The summed E-state index contributed by atoms with van der Waals surface area (Å²) in [5, 5.41) is 10.6. The van der Waals surface area contributed by atoms with E-state index < -0.39 is 97.5 Å². The lowest BCUT2D eigenvalue weighted by Gasteiger charge is -2.21. The fourth-order valence-electron chi connectivity index (χ4n) is 12.5. The molecule has 2 unspecified atom stereocenters. The molecule has 0 aromatic heterocycles. The Balaban J connectivity index is 5.22. The third kappa shape index (κ3) is 74.3. The second kappa shape index (κ2) is 71.3. The van der Waals surface area contributed by atoms with Gasteiger partial charge in [0.25, 0.3) is 0 Å². The van der Waals surface area contributed by atoms with Crippen LogP contribution < -0.4 is 0 Å². The third-order valence-electron chi connectivity index (χ3n) is 18.9. The molecule has 0 aliphatic heterocycles. The maximum absolute atomic E-state index is 13.1. The van der Waals surface area contributed by atoms with Crippen molar-refractivity contribution in [2.75, 3.05) is 39.6 Å². The van der Waals surface area contributed by atoms with E-state index in [1.54, 1.807) is 0 Å². The molecule has 0 rings (SSSR count). The molecule has 0 aliphatic carbocycles. The minimum atomic E-state index is -4.96. The van der Waals surface area contributed by atoms with Crippen LogP contribution in [0.5, 0.6) is 0 Å². The molecule has 5 atom stereocenters. The minimum absolute atomic E-state index is 0.104. The predicted molar refractivity (Wildman–Crippen MR) is 409 cm³/mol. The lowest BCUT2D eigenvalue weighted by Crippen LogP contribution is -2.30. The molecule has 0 aliphatic rings. The summed E-state index contributed by atoms with van der Waals surface area (Å²) < 4.78 is 68.7. The predicted octanol–water partition coefficient (Wildman–Crippen LogP) is 24.1. The van der Waals surface area contributed by atoms with Gasteiger partial charge in [0, 0.05) is 25.7 Å². The number of esters is 4. The molecule has 19 heteroatoms. The summed E-state index contributed by atoms with van der Waals surface area (Å²) in [7, 11) is -9.92. The molecule has 0 aromatic carbocycles. The molecule has 0 radical (unpaired) electrons. The number of carbonyl (C=O) groups is 4. The summed E-state index contributed by atoms with van der Waals surface area (Å²) >= 11 is 0. The molecular formula is C81H158O17P2. The Morgan fingerprint density at radius 1 is 0.270 bits per heavy atom. The molecule has 0 saturated carbocycles. The Bertz CT molecular complexity index is 1940. The number of rotatable bonds is 79. The van der Waals surface area contributed by atoms with Crippen molar-refractivity contribution in [3.8, 4) is 0 Å². The Labute approximate surface area is 613 Å². The van der Waals surface area contributed by atoms with E-state index in [1.165, 1.54) is 231 Å². The van der Waals surface area contributed by atoms with Gasteiger partial charge in [0.05, 0.1) is 26.4 Å². The first-order chi connectivity index (χ1) is 48.2. The molecule has 17 nitrogen and oxygen atoms in total. The number of aliphatic hydroxyl groups is 1. The molecule has 3 N–H and O–H groups in total. The van der Waals surface area contributed by atoms with Crippen molar-refractivity contribution in [3.63, 3.8) is 0 Å². The summed E-state index contributed by atoms with van der Waals surface area (Å²) in [4.78, 5) is 73.0. The number of carbonyl (C=O) groups excluding carboxylic acids is 4. The number of phosphoric ester groups is 2. The first-order valence-corrected chi connectivity index (χ1v) is 44.8. The topological polar surface area (TPSA) is 237 Å². The van der Waals surface area contributed by atoms with Gasteiger partial charge in [-0.05, 0) is 43.4 Å². The van der Waals surface area contributed by atoms with Crippen LogP contribution in [0.3, 0.4) is 0 Å². The monoisotopic (exact) mass is 1470 g/mol. The molecule has 0 saturated heterocycles. The van der Waals surface area contributed by atoms with Crippen LogP contribution in [0.1, 0.15) is 421 Å². The number of hydrogen-bond acceptors (Lipinski definition) is 15. The van der Waals surface area contributed by atoms with Crippen molar-refractivity contribution in [1.29, 1.82) is 0 Å². The summed E-state index contributed by atoms with van der Waals surface area (Å²) in [6, 6.07) is 0. The second-order valence-corrected chi connectivity index (χ2v) is 33.5. The summed E-state index contributed by atoms with van der Waals surface area (Å²) in [5.41, 5.74) is 0. The maximum atomic E-state index is 13.1. The Morgan fingerprint density at radius 2 is 0.460 bits per heavy atom. The van der Waals surface area contributed by atoms with Crippen LogP contribution in [0, 0.1) is 17.8 Å². The van der Waals surface area contributed by atoms with Gasteiger partial charge >= 0.3 is 39.5 Å². The van der Waals surface area contributed by atoms with E-state index in [-0.39, 0.29) is 25.7 Å². The first-order valence-electron chi connectivity index (χ1n) is 41.8. The van der Waals surface area contributed by atoms with E-state index in [4.69, 9.17) is 37.0 Å². The average molecular weight is 1470 g/mol. The van der Waals surface area contributed by atoms with Crippen LogP contribution in [-0.4, -0.2) is 96.7 Å². The van der Waals surface area contributed by atoms with Crippen LogP contribution in [0.25, 0.3) is 0 Å². The molecule has 0 heterocycles. The van der Waals surface area contributed by atoms with Gasteiger partial charge in [-0.3, -0.25) is 37.3 Å². The number of ether oxygens (including phenoxy) is 4. The van der Waals surface area contributed by atoms with Gasteiger partial charge in [0.2, 0.25) is 0 Å². The highest BCUT2D eigenvalue weighted by Gasteiger charge is 2.30. The second-order valence-electron chi connectivity index (χ2n) is 30.6. The highest BCUT2D eigenvalue weighted by molar-refractivity contribution is 7.47. The molecule has 0 spiro atoms. The van der Waals surface area contributed by atoms with Crippen LogP contribution >= 0.6 is 15.6 Å². The lowest BCUT2D eigenvalue weighted by molar-refractivity contribution is -0.161. The average Bonchev–Trinajstić information content (AvgIpc) is 0.914. The van der Waals surface area contributed by atoms with Gasteiger partial charge in [-0.2, -0.15) is 0 Å². The molecular weight excluding hydrogens is 1310 g/mol.